The summed E-state index contributed by atoms with van der Waals surface area (Å²) >= 11 is 3.45. The van der Waals surface area contributed by atoms with Gasteiger partial charge in [0.15, 0.2) is 0 Å². The van der Waals surface area contributed by atoms with Gasteiger partial charge in [0.2, 0.25) is 0 Å². The average molecular weight is 294 g/mol. The van der Waals surface area contributed by atoms with Crippen molar-refractivity contribution in [3.8, 4) is 5.69 Å². The molecule has 0 radical (unpaired) electrons. The summed E-state index contributed by atoms with van der Waals surface area (Å²) in [5.41, 5.74) is 8.98. The summed E-state index contributed by atoms with van der Waals surface area (Å²) in [5, 5.41) is 4.56. The molecule has 2 aromatic rings. The van der Waals surface area contributed by atoms with Crippen LogP contribution in [0.4, 0.5) is 0 Å². The molecule has 0 spiro atoms. The first-order valence-electron chi connectivity index (χ1n) is 5.66. The van der Waals surface area contributed by atoms with Gasteiger partial charge in [0, 0.05) is 17.2 Å². The molecular formula is C13H16BrN3. The topological polar surface area (TPSA) is 43.8 Å². The van der Waals surface area contributed by atoms with Crippen LogP contribution in [0.1, 0.15) is 31.0 Å². The second-order valence-electron chi connectivity index (χ2n) is 4.32. The van der Waals surface area contributed by atoms with Crippen molar-refractivity contribution in [1.29, 1.82) is 0 Å². The van der Waals surface area contributed by atoms with E-state index in [9.17, 15) is 0 Å². The van der Waals surface area contributed by atoms with Crippen LogP contribution in [0.3, 0.4) is 0 Å². The fraction of sp³-hybridized carbons (Fsp3) is 0.308. The Kier molecular flexibility index (Phi) is 3.64. The van der Waals surface area contributed by atoms with Gasteiger partial charge in [-0.25, -0.2) is 4.68 Å². The average Bonchev–Trinajstić information content (AvgIpc) is 2.78. The van der Waals surface area contributed by atoms with Crippen LogP contribution >= 0.6 is 15.9 Å². The lowest BCUT2D eigenvalue weighted by atomic mass is 10.1. The van der Waals surface area contributed by atoms with Gasteiger partial charge in [-0.3, -0.25) is 0 Å². The zero-order chi connectivity index (χ0) is 12.4. The molecule has 0 bridgehead atoms. The van der Waals surface area contributed by atoms with Crippen LogP contribution in [-0.2, 0) is 6.54 Å². The van der Waals surface area contributed by atoms with Gasteiger partial charge < -0.3 is 5.73 Å². The van der Waals surface area contributed by atoms with Crippen molar-refractivity contribution in [2.24, 2.45) is 5.73 Å². The number of rotatable bonds is 3. The zero-order valence-corrected chi connectivity index (χ0v) is 11.6. The quantitative estimate of drug-likeness (QED) is 0.944. The molecule has 0 aliphatic heterocycles. The van der Waals surface area contributed by atoms with Crippen LogP contribution in [0, 0.1) is 0 Å². The molecule has 2 N–H and O–H groups in total. The highest BCUT2D eigenvalue weighted by molar-refractivity contribution is 9.10. The largest absolute Gasteiger partial charge is 0.326 e. The minimum absolute atomic E-state index is 0.438. The number of hydrogen-bond donors (Lipinski definition) is 1. The van der Waals surface area contributed by atoms with Crippen molar-refractivity contribution in [3.63, 3.8) is 0 Å². The molecule has 0 saturated heterocycles. The monoisotopic (exact) mass is 293 g/mol. The van der Waals surface area contributed by atoms with Crippen LogP contribution in [0.25, 0.3) is 5.69 Å². The lowest BCUT2D eigenvalue weighted by molar-refractivity contribution is 0.763. The maximum absolute atomic E-state index is 5.76. The standard InChI is InChI=1S/C13H16BrN3/c1-9(2)12-5-6-17(16-12)13-4-3-11(14)7-10(13)8-15/h3-7,9H,8,15H2,1-2H3. The Hall–Kier alpha value is -1.13. The lowest BCUT2D eigenvalue weighted by Gasteiger charge is -2.08. The van der Waals surface area contributed by atoms with Gasteiger partial charge in [-0.1, -0.05) is 29.8 Å². The summed E-state index contributed by atoms with van der Waals surface area (Å²) in [7, 11) is 0. The molecule has 2 rings (SSSR count). The predicted octanol–water partition coefficient (Wildman–Crippen LogP) is 3.22. The van der Waals surface area contributed by atoms with Gasteiger partial charge in [-0.05, 0) is 35.7 Å². The Morgan fingerprint density at radius 2 is 2.12 bits per heavy atom. The molecule has 0 aliphatic carbocycles. The number of nitrogens with two attached hydrogens (primary N) is 1. The molecule has 0 atom stereocenters. The van der Waals surface area contributed by atoms with Gasteiger partial charge in [0.1, 0.15) is 0 Å². The van der Waals surface area contributed by atoms with E-state index in [-0.39, 0.29) is 0 Å². The van der Waals surface area contributed by atoms with Crippen molar-refractivity contribution in [2.45, 2.75) is 26.3 Å². The highest BCUT2D eigenvalue weighted by Gasteiger charge is 2.08. The molecule has 17 heavy (non-hydrogen) atoms. The van der Waals surface area contributed by atoms with E-state index in [1.165, 1.54) is 0 Å². The van der Waals surface area contributed by atoms with Crippen LogP contribution in [0.15, 0.2) is 34.9 Å². The molecule has 4 heteroatoms. The second-order valence-corrected chi connectivity index (χ2v) is 5.23. The molecule has 0 saturated carbocycles. The molecule has 1 aromatic carbocycles. The van der Waals surface area contributed by atoms with Crippen molar-refractivity contribution >= 4 is 15.9 Å². The van der Waals surface area contributed by atoms with Crippen molar-refractivity contribution < 1.29 is 0 Å². The molecule has 90 valence electrons. The minimum Gasteiger partial charge on any atom is -0.326 e. The van der Waals surface area contributed by atoms with Crippen LogP contribution in [0.2, 0.25) is 0 Å². The summed E-state index contributed by atoms with van der Waals surface area (Å²) in [5.74, 6) is 0.438. The van der Waals surface area contributed by atoms with Gasteiger partial charge >= 0.3 is 0 Å². The number of nitrogens with zero attached hydrogens (tertiary/aromatic N) is 2. The Morgan fingerprint density at radius 1 is 1.35 bits per heavy atom. The molecule has 3 nitrogen and oxygen atoms in total. The molecule has 0 amide bonds. The smallest absolute Gasteiger partial charge is 0.0691 e. The summed E-state index contributed by atoms with van der Waals surface area (Å²) in [4.78, 5) is 0. The van der Waals surface area contributed by atoms with Crippen molar-refractivity contribution in [2.75, 3.05) is 0 Å². The third-order valence-corrected chi connectivity index (χ3v) is 3.20. The Balaban J connectivity index is 2.44. The summed E-state index contributed by atoms with van der Waals surface area (Å²) < 4.78 is 2.93. The molecule has 0 unspecified atom stereocenters. The van der Waals surface area contributed by atoms with Gasteiger partial charge in [0.25, 0.3) is 0 Å². The molecular weight excluding hydrogens is 278 g/mol. The van der Waals surface area contributed by atoms with E-state index in [4.69, 9.17) is 5.73 Å². The van der Waals surface area contributed by atoms with E-state index in [0.717, 1.165) is 21.4 Å². The number of hydrogen-bond acceptors (Lipinski definition) is 2. The van der Waals surface area contributed by atoms with Crippen LogP contribution in [0.5, 0.6) is 0 Å². The zero-order valence-electron chi connectivity index (χ0n) is 10.0. The fourth-order valence-electron chi connectivity index (χ4n) is 1.72. The number of aromatic nitrogens is 2. The maximum atomic E-state index is 5.76. The Bertz CT molecular complexity index is 517. The maximum Gasteiger partial charge on any atom is 0.0691 e. The summed E-state index contributed by atoms with van der Waals surface area (Å²) in [6.45, 7) is 4.78. The lowest BCUT2D eigenvalue weighted by Crippen LogP contribution is -2.05. The van der Waals surface area contributed by atoms with E-state index < -0.39 is 0 Å². The molecule has 1 heterocycles. The van der Waals surface area contributed by atoms with Gasteiger partial charge in [-0.2, -0.15) is 5.10 Å². The van der Waals surface area contributed by atoms with Crippen LogP contribution < -0.4 is 5.73 Å². The Morgan fingerprint density at radius 3 is 2.71 bits per heavy atom. The third-order valence-electron chi connectivity index (χ3n) is 2.71. The van der Waals surface area contributed by atoms with Gasteiger partial charge in [0.05, 0.1) is 11.4 Å². The van der Waals surface area contributed by atoms with Gasteiger partial charge in [-0.15, -0.1) is 0 Å². The first kappa shape index (κ1) is 12.3. The van der Waals surface area contributed by atoms with E-state index in [1.54, 1.807) is 0 Å². The normalized spacial score (nSPS) is 11.1. The van der Waals surface area contributed by atoms with E-state index >= 15 is 0 Å². The summed E-state index contributed by atoms with van der Waals surface area (Å²) in [6, 6.07) is 8.12. The number of halogens is 1. The molecule has 1 aromatic heterocycles. The van der Waals surface area contributed by atoms with E-state index in [0.29, 0.717) is 12.5 Å². The Labute approximate surface area is 110 Å². The highest BCUT2D eigenvalue weighted by atomic mass is 79.9. The van der Waals surface area contributed by atoms with E-state index in [1.807, 2.05) is 35.1 Å². The first-order chi connectivity index (χ1) is 8.11. The minimum atomic E-state index is 0.438. The number of benzene rings is 1. The SMILES string of the molecule is CC(C)c1ccn(-c2ccc(Br)cc2CN)n1. The second kappa shape index (κ2) is 5.02. The molecule has 0 aliphatic rings. The van der Waals surface area contributed by atoms with Crippen molar-refractivity contribution in [1.82, 2.24) is 9.78 Å². The van der Waals surface area contributed by atoms with Crippen molar-refractivity contribution in [3.05, 3.63) is 46.2 Å². The summed E-state index contributed by atoms with van der Waals surface area (Å²) in [6.07, 6.45) is 1.98. The van der Waals surface area contributed by atoms with Crippen LogP contribution in [-0.4, -0.2) is 9.78 Å². The van der Waals surface area contributed by atoms with E-state index in [2.05, 4.69) is 34.9 Å². The highest BCUT2D eigenvalue weighted by Crippen LogP contribution is 2.21. The predicted molar refractivity (Wildman–Crippen MR) is 73.2 cm³/mol. The first-order valence-corrected chi connectivity index (χ1v) is 6.45. The fourth-order valence-corrected chi connectivity index (χ4v) is 2.13. The molecule has 0 fully saturated rings. The third kappa shape index (κ3) is 2.58.